The van der Waals surface area contributed by atoms with E-state index in [0.29, 0.717) is 17.7 Å². The number of alkyl halides is 2. The first-order valence-corrected chi connectivity index (χ1v) is 5.97. The van der Waals surface area contributed by atoms with E-state index < -0.39 is 30.3 Å². The fourth-order valence-corrected chi connectivity index (χ4v) is 1.89. The van der Waals surface area contributed by atoms with E-state index in [1.165, 1.54) is 12.1 Å². The fraction of sp³-hybridized carbons (Fsp3) is 0.385. The van der Waals surface area contributed by atoms with Gasteiger partial charge in [0.25, 0.3) is 0 Å². The van der Waals surface area contributed by atoms with Crippen LogP contribution in [0.5, 0.6) is 5.75 Å². The van der Waals surface area contributed by atoms with Crippen LogP contribution in [0.3, 0.4) is 0 Å². The summed E-state index contributed by atoms with van der Waals surface area (Å²) in [5.74, 6) is -2.67. The maximum atomic E-state index is 12.2. The summed E-state index contributed by atoms with van der Waals surface area (Å²) in [6.45, 7) is -1.34. The average molecular weight is 285 g/mol. The largest absolute Gasteiger partial charge is 0.481 e. The third-order valence-corrected chi connectivity index (χ3v) is 3.12. The molecule has 1 fully saturated rings. The number of ether oxygens (including phenoxy) is 1. The first kappa shape index (κ1) is 14.2. The maximum Gasteiger partial charge on any atom is 0.387 e. The van der Waals surface area contributed by atoms with Crippen LogP contribution >= 0.6 is 0 Å². The molecule has 2 N–H and O–H groups in total. The van der Waals surface area contributed by atoms with E-state index in [4.69, 9.17) is 5.11 Å². The zero-order valence-corrected chi connectivity index (χ0v) is 10.6. The van der Waals surface area contributed by atoms with Gasteiger partial charge in [0.15, 0.2) is 0 Å². The van der Waals surface area contributed by atoms with Crippen molar-refractivity contribution in [3.05, 3.63) is 23.8 Å². The minimum atomic E-state index is -2.94. The number of carboxylic acids is 1. The van der Waals surface area contributed by atoms with Gasteiger partial charge in [0.05, 0.1) is 11.8 Å². The molecular formula is C13H13F2NO4. The molecule has 1 amide bonds. The van der Waals surface area contributed by atoms with Crippen LogP contribution in [0.15, 0.2) is 18.2 Å². The molecule has 108 valence electrons. The van der Waals surface area contributed by atoms with Crippen molar-refractivity contribution in [1.82, 2.24) is 0 Å². The number of hydrogen-bond donors (Lipinski definition) is 2. The van der Waals surface area contributed by atoms with E-state index in [1.807, 2.05) is 0 Å². The van der Waals surface area contributed by atoms with Crippen LogP contribution in [0, 0.1) is 18.8 Å². The lowest BCUT2D eigenvalue weighted by molar-refractivity contribution is -0.139. The number of benzene rings is 1. The third-order valence-electron chi connectivity index (χ3n) is 3.12. The number of anilines is 1. The van der Waals surface area contributed by atoms with Crippen LogP contribution in [0.1, 0.15) is 12.0 Å². The van der Waals surface area contributed by atoms with Gasteiger partial charge in [0, 0.05) is 11.8 Å². The Morgan fingerprint density at radius 3 is 2.65 bits per heavy atom. The van der Waals surface area contributed by atoms with Gasteiger partial charge >= 0.3 is 12.6 Å². The number of halogens is 2. The van der Waals surface area contributed by atoms with Crippen molar-refractivity contribution in [2.75, 3.05) is 5.32 Å². The number of aryl methyl sites for hydroxylation is 1. The van der Waals surface area contributed by atoms with Crippen molar-refractivity contribution < 1.29 is 28.2 Å². The van der Waals surface area contributed by atoms with Crippen molar-refractivity contribution in [3.8, 4) is 5.75 Å². The molecule has 0 aliphatic heterocycles. The SMILES string of the molecule is Cc1ccc(NC(=O)C2CC2C(=O)O)cc1OC(F)F. The molecule has 1 aromatic rings. The minimum absolute atomic E-state index is 0.0246. The number of nitrogens with one attached hydrogen (secondary N) is 1. The maximum absolute atomic E-state index is 12.2. The number of aliphatic carboxylic acids is 1. The molecule has 0 spiro atoms. The molecule has 1 aliphatic rings. The Hall–Kier alpha value is -2.18. The number of carboxylic acid groups (broad SMARTS) is 1. The van der Waals surface area contributed by atoms with Gasteiger partial charge in [0.1, 0.15) is 5.75 Å². The van der Waals surface area contributed by atoms with E-state index in [0.717, 1.165) is 0 Å². The van der Waals surface area contributed by atoms with Crippen molar-refractivity contribution in [2.24, 2.45) is 11.8 Å². The molecule has 1 aliphatic carbocycles. The molecule has 0 saturated heterocycles. The highest BCUT2D eigenvalue weighted by atomic mass is 19.3. The summed E-state index contributed by atoms with van der Waals surface area (Å²) in [5, 5.41) is 11.2. The molecule has 20 heavy (non-hydrogen) atoms. The van der Waals surface area contributed by atoms with Crippen LogP contribution in [-0.4, -0.2) is 23.6 Å². The highest BCUT2D eigenvalue weighted by Crippen LogP contribution is 2.39. The second kappa shape index (κ2) is 5.44. The van der Waals surface area contributed by atoms with Crippen molar-refractivity contribution in [3.63, 3.8) is 0 Å². The molecule has 0 heterocycles. The lowest BCUT2D eigenvalue weighted by Crippen LogP contribution is -2.17. The molecule has 1 aromatic carbocycles. The fourth-order valence-electron chi connectivity index (χ4n) is 1.89. The Morgan fingerprint density at radius 2 is 2.10 bits per heavy atom. The molecular weight excluding hydrogens is 272 g/mol. The van der Waals surface area contributed by atoms with Gasteiger partial charge in [-0.25, -0.2) is 0 Å². The average Bonchev–Trinajstić information content (AvgIpc) is 3.13. The Labute approximate surface area is 113 Å². The quantitative estimate of drug-likeness (QED) is 0.870. The van der Waals surface area contributed by atoms with Crippen LogP contribution in [0.4, 0.5) is 14.5 Å². The van der Waals surface area contributed by atoms with Crippen LogP contribution in [0.25, 0.3) is 0 Å². The second-order valence-electron chi connectivity index (χ2n) is 4.63. The molecule has 2 atom stereocenters. The minimum Gasteiger partial charge on any atom is -0.481 e. The topological polar surface area (TPSA) is 75.6 Å². The van der Waals surface area contributed by atoms with E-state index in [1.54, 1.807) is 13.0 Å². The zero-order valence-electron chi connectivity index (χ0n) is 10.6. The zero-order chi connectivity index (χ0) is 14.9. The lowest BCUT2D eigenvalue weighted by atomic mass is 10.2. The highest BCUT2D eigenvalue weighted by molar-refractivity contribution is 5.98. The molecule has 1 saturated carbocycles. The number of carbonyl (C=O) groups is 2. The summed E-state index contributed by atoms with van der Waals surface area (Å²) in [6.07, 6.45) is 0.299. The third kappa shape index (κ3) is 3.23. The van der Waals surface area contributed by atoms with E-state index in [9.17, 15) is 18.4 Å². The summed E-state index contributed by atoms with van der Waals surface area (Å²) in [6, 6.07) is 4.37. The lowest BCUT2D eigenvalue weighted by Gasteiger charge is -2.10. The Morgan fingerprint density at radius 1 is 1.40 bits per heavy atom. The highest BCUT2D eigenvalue weighted by Gasteiger charge is 2.48. The van der Waals surface area contributed by atoms with Crippen LogP contribution in [-0.2, 0) is 9.59 Å². The number of amides is 1. The van der Waals surface area contributed by atoms with E-state index in [2.05, 4.69) is 10.1 Å². The Kier molecular flexibility index (Phi) is 3.87. The van der Waals surface area contributed by atoms with Crippen LogP contribution < -0.4 is 10.1 Å². The molecule has 5 nitrogen and oxygen atoms in total. The summed E-state index contributed by atoms with van der Waals surface area (Å²) in [4.78, 5) is 22.4. The summed E-state index contributed by atoms with van der Waals surface area (Å²) >= 11 is 0. The van der Waals surface area contributed by atoms with Gasteiger partial charge in [-0.1, -0.05) is 6.07 Å². The molecule has 2 unspecified atom stereocenters. The monoisotopic (exact) mass is 285 g/mol. The van der Waals surface area contributed by atoms with Crippen molar-refractivity contribution in [1.29, 1.82) is 0 Å². The van der Waals surface area contributed by atoms with Gasteiger partial charge < -0.3 is 15.2 Å². The number of carbonyl (C=O) groups excluding carboxylic acids is 1. The van der Waals surface area contributed by atoms with E-state index >= 15 is 0 Å². The van der Waals surface area contributed by atoms with E-state index in [-0.39, 0.29) is 5.75 Å². The molecule has 7 heteroatoms. The number of rotatable bonds is 5. The van der Waals surface area contributed by atoms with Crippen molar-refractivity contribution in [2.45, 2.75) is 20.0 Å². The number of hydrogen-bond acceptors (Lipinski definition) is 3. The summed E-state index contributed by atoms with van der Waals surface area (Å²) < 4.78 is 28.7. The first-order chi connectivity index (χ1) is 9.38. The predicted octanol–water partition coefficient (Wildman–Crippen LogP) is 2.26. The second-order valence-corrected chi connectivity index (χ2v) is 4.63. The normalized spacial score (nSPS) is 20.6. The standard InChI is InChI=1S/C13H13F2NO4/c1-6-2-3-7(4-10(6)20-13(14)15)16-11(17)8-5-9(8)12(18)19/h2-4,8-9,13H,5H2,1H3,(H,16,17)(H,18,19). The van der Waals surface area contributed by atoms with Crippen molar-refractivity contribution >= 4 is 17.6 Å². The Bertz CT molecular complexity index is 547. The van der Waals surface area contributed by atoms with Gasteiger partial charge in [-0.15, -0.1) is 0 Å². The smallest absolute Gasteiger partial charge is 0.387 e. The van der Waals surface area contributed by atoms with Gasteiger partial charge in [0.2, 0.25) is 5.91 Å². The molecule has 2 rings (SSSR count). The van der Waals surface area contributed by atoms with Gasteiger partial charge in [-0.3, -0.25) is 9.59 Å². The first-order valence-electron chi connectivity index (χ1n) is 5.97. The summed E-state index contributed by atoms with van der Waals surface area (Å²) in [5.41, 5.74) is 0.811. The van der Waals surface area contributed by atoms with Crippen LogP contribution in [0.2, 0.25) is 0 Å². The van der Waals surface area contributed by atoms with Gasteiger partial charge in [-0.2, -0.15) is 8.78 Å². The predicted molar refractivity (Wildman–Crippen MR) is 65.7 cm³/mol. The van der Waals surface area contributed by atoms with Gasteiger partial charge in [-0.05, 0) is 25.0 Å². The molecule has 0 aromatic heterocycles. The Balaban J connectivity index is 2.03. The molecule has 0 radical (unpaired) electrons. The molecule has 0 bridgehead atoms. The summed E-state index contributed by atoms with van der Waals surface area (Å²) in [7, 11) is 0.